The molecule has 2 aromatic rings. The van der Waals surface area contributed by atoms with Gasteiger partial charge in [-0.3, -0.25) is 14.4 Å². The van der Waals surface area contributed by atoms with Crippen LogP contribution in [0.25, 0.3) is 0 Å². The molecule has 0 N–H and O–H groups in total. The number of ketones is 1. The lowest BCUT2D eigenvalue weighted by molar-refractivity contribution is -0.157. The molecular weight excluding hydrogens is 476 g/mol. The Bertz CT molecular complexity index is 1040. The van der Waals surface area contributed by atoms with Crippen LogP contribution in [0.3, 0.4) is 0 Å². The Balaban J connectivity index is 1.20. The standard InChI is InChI=1S/C25H23BrO6/c1-13(31-24(28)19-17-11-18-20(19)25(29)32-23(18)21(17)26)22(27)15-7-9-16(10-8-15)30-12-14-5-3-2-4-6-14/h2-10,13,17-21,23H,11-12H2,1H3/t13-,17+,18+,19+,20+,21-,23-/m0/s1. The SMILES string of the molecule is C[C@H](OC(=O)[C@@H]1[C@H]2C[C@H]3[C@H](OC(=O)[C@H]31)[C@H]2Br)C(=O)c1ccc(OCc2ccccc2)cc1. The van der Waals surface area contributed by atoms with Crippen LogP contribution in [0, 0.1) is 23.7 Å². The Morgan fingerprint density at radius 2 is 1.81 bits per heavy atom. The summed E-state index contributed by atoms with van der Waals surface area (Å²) in [6.45, 7) is 2.00. The van der Waals surface area contributed by atoms with Gasteiger partial charge in [0.1, 0.15) is 18.5 Å². The number of Topliss-reactive ketones (excluding diaryl/α,β-unsaturated/α-hetero) is 1. The number of alkyl halides is 1. The normalized spacial score (nSPS) is 30.6. The molecular formula is C25H23BrO6. The lowest BCUT2D eigenvalue weighted by atomic mass is 9.80. The van der Waals surface area contributed by atoms with Gasteiger partial charge in [0.05, 0.1) is 16.7 Å². The first-order chi connectivity index (χ1) is 15.4. The van der Waals surface area contributed by atoms with Crippen molar-refractivity contribution >= 4 is 33.7 Å². The summed E-state index contributed by atoms with van der Waals surface area (Å²) in [6, 6.07) is 16.6. The lowest BCUT2D eigenvalue weighted by Crippen LogP contribution is -2.40. The molecule has 2 aromatic carbocycles. The van der Waals surface area contributed by atoms with Crippen LogP contribution in [0.4, 0.5) is 0 Å². The average Bonchev–Trinajstić information content (AvgIpc) is 3.42. The Morgan fingerprint density at radius 3 is 2.53 bits per heavy atom. The molecule has 2 bridgehead atoms. The minimum Gasteiger partial charge on any atom is -0.489 e. The molecule has 2 aliphatic carbocycles. The molecule has 1 heterocycles. The molecule has 7 atom stereocenters. The van der Waals surface area contributed by atoms with E-state index in [2.05, 4.69) is 15.9 Å². The van der Waals surface area contributed by atoms with Crippen LogP contribution in [0.1, 0.15) is 29.3 Å². The third-order valence-corrected chi connectivity index (χ3v) is 8.04. The molecule has 6 nitrogen and oxygen atoms in total. The number of benzene rings is 2. The Labute approximate surface area is 194 Å². The van der Waals surface area contributed by atoms with Crippen molar-refractivity contribution in [2.24, 2.45) is 23.7 Å². The molecule has 1 saturated heterocycles. The first-order valence-electron chi connectivity index (χ1n) is 10.8. The molecule has 3 fully saturated rings. The smallest absolute Gasteiger partial charge is 0.310 e. The molecule has 7 heteroatoms. The molecule has 32 heavy (non-hydrogen) atoms. The second-order valence-electron chi connectivity index (χ2n) is 8.70. The number of esters is 2. The first kappa shape index (κ1) is 21.2. The summed E-state index contributed by atoms with van der Waals surface area (Å²) >= 11 is 3.59. The number of hydrogen-bond donors (Lipinski definition) is 0. The number of carbonyl (C=O) groups is 3. The fraction of sp³-hybridized carbons (Fsp3) is 0.400. The summed E-state index contributed by atoms with van der Waals surface area (Å²) in [4.78, 5) is 37.9. The van der Waals surface area contributed by atoms with Crippen molar-refractivity contribution in [3.63, 3.8) is 0 Å². The van der Waals surface area contributed by atoms with Crippen molar-refractivity contribution in [2.75, 3.05) is 0 Å². The van der Waals surface area contributed by atoms with Gasteiger partial charge in [-0.25, -0.2) is 0 Å². The van der Waals surface area contributed by atoms with Crippen LogP contribution in [-0.2, 0) is 25.7 Å². The maximum atomic E-state index is 12.9. The molecule has 2 saturated carbocycles. The number of fused-ring (bicyclic) bond motifs is 1. The van der Waals surface area contributed by atoms with Crippen molar-refractivity contribution in [3.8, 4) is 5.75 Å². The molecule has 5 rings (SSSR count). The van der Waals surface area contributed by atoms with Crippen LogP contribution in [-0.4, -0.2) is 34.8 Å². The molecule has 0 spiro atoms. The van der Waals surface area contributed by atoms with E-state index >= 15 is 0 Å². The van der Waals surface area contributed by atoms with Crippen molar-refractivity contribution < 1.29 is 28.6 Å². The number of hydrogen-bond acceptors (Lipinski definition) is 6. The highest BCUT2D eigenvalue weighted by Crippen LogP contribution is 2.60. The number of rotatable bonds is 7. The molecule has 0 aromatic heterocycles. The molecule has 0 unspecified atom stereocenters. The third-order valence-electron chi connectivity index (χ3n) is 6.84. The van der Waals surface area contributed by atoms with E-state index in [0.717, 1.165) is 12.0 Å². The van der Waals surface area contributed by atoms with Gasteiger partial charge in [-0.15, -0.1) is 0 Å². The van der Waals surface area contributed by atoms with E-state index in [-0.39, 0.29) is 34.5 Å². The molecule has 0 radical (unpaired) electrons. The van der Waals surface area contributed by atoms with E-state index in [9.17, 15) is 14.4 Å². The second kappa shape index (κ2) is 8.35. The maximum Gasteiger partial charge on any atom is 0.310 e. The largest absolute Gasteiger partial charge is 0.489 e. The predicted octanol–water partition coefficient (Wildman–Crippen LogP) is 3.95. The van der Waals surface area contributed by atoms with Crippen molar-refractivity contribution in [3.05, 3.63) is 65.7 Å². The number of carbonyl (C=O) groups excluding carboxylic acids is 3. The van der Waals surface area contributed by atoms with Gasteiger partial charge in [0.25, 0.3) is 0 Å². The Hall–Kier alpha value is -2.67. The summed E-state index contributed by atoms with van der Waals surface area (Å²) in [5.41, 5.74) is 1.49. The zero-order valence-corrected chi connectivity index (χ0v) is 19.1. The lowest BCUT2D eigenvalue weighted by Gasteiger charge is -2.27. The topological polar surface area (TPSA) is 78.9 Å². The minimum absolute atomic E-state index is 0.00250. The fourth-order valence-corrected chi connectivity index (χ4v) is 6.34. The monoisotopic (exact) mass is 498 g/mol. The van der Waals surface area contributed by atoms with Gasteiger partial charge in [0.15, 0.2) is 6.10 Å². The van der Waals surface area contributed by atoms with Gasteiger partial charge in [-0.1, -0.05) is 46.3 Å². The molecule has 1 aliphatic heterocycles. The van der Waals surface area contributed by atoms with Gasteiger partial charge in [-0.05, 0) is 49.1 Å². The van der Waals surface area contributed by atoms with E-state index in [1.807, 2.05) is 30.3 Å². The summed E-state index contributed by atoms with van der Waals surface area (Å²) in [6.07, 6.45) is -0.327. The second-order valence-corrected chi connectivity index (χ2v) is 9.76. The predicted molar refractivity (Wildman–Crippen MR) is 118 cm³/mol. The first-order valence-corrected chi connectivity index (χ1v) is 11.7. The quantitative estimate of drug-likeness (QED) is 0.326. The van der Waals surface area contributed by atoms with Gasteiger partial charge >= 0.3 is 11.9 Å². The van der Waals surface area contributed by atoms with Gasteiger partial charge in [0, 0.05) is 11.5 Å². The van der Waals surface area contributed by atoms with E-state index in [1.165, 1.54) is 0 Å². The van der Waals surface area contributed by atoms with E-state index in [0.29, 0.717) is 17.9 Å². The minimum atomic E-state index is -0.945. The Kier molecular flexibility index (Phi) is 5.53. The van der Waals surface area contributed by atoms with Crippen LogP contribution in [0.5, 0.6) is 5.75 Å². The summed E-state index contributed by atoms with van der Waals surface area (Å²) in [7, 11) is 0. The van der Waals surface area contributed by atoms with Crippen LogP contribution >= 0.6 is 15.9 Å². The highest BCUT2D eigenvalue weighted by Gasteiger charge is 2.68. The molecule has 0 amide bonds. The highest BCUT2D eigenvalue weighted by molar-refractivity contribution is 9.09. The van der Waals surface area contributed by atoms with E-state index < -0.39 is 23.9 Å². The van der Waals surface area contributed by atoms with Gasteiger partial charge in [-0.2, -0.15) is 0 Å². The number of halogens is 1. The number of ether oxygens (including phenoxy) is 3. The van der Waals surface area contributed by atoms with Crippen LogP contribution < -0.4 is 4.74 Å². The zero-order chi connectivity index (χ0) is 22.4. The van der Waals surface area contributed by atoms with Crippen LogP contribution in [0.2, 0.25) is 0 Å². The van der Waals surface area contributed by atoms with Crippen molar-refractivity contribution in [2.45, 2.75) is 37.0 Å². The van der Waals surface area contributed by atoms with Crippen molar-refractivity contribution in [1.82, 2.24) is 0 Å². The highest BCUT2D eigenvalue weighted by atomic mass is 79.9. The van der Waals surface area contributed by atoms with Gasteiger partial charge in [0.2, 0.25) is 5.78 Å². The zero-order valence-electron chi connectivity index (χ0n) is 17.5. The summed E-state index contributed by atoms with van der Waals surface area (Å²) < 4.78 is 16.7. The van der Waals surface area contributed by atoms with E-state index in [4.69, 9.17) is 14.2 Å². The van der Waals surface area contributed by atoms with Gasteiger partial charge < -0.3 is 14.2 Å². The van der Waals surface area contributed by atoms with E-state index in [1.54, 1.807) is 31.2 Å². The third kappa shape index (κ3) is 3.62. The Morgan fingerprint density at radius 1 is 1.09 bits per heavy atom. The summed E-state index contributed by atoms with van der Waals surface area (Å²) in [5.74, 6) is -1.41. The average molecular weight is 499 g/mol. The molecule has 166 valence electrons. The van der Waals surface area contributed by atoms with Crippen LogP contribution in [0.15, 0.2) is 54.6 Å². The summed E-state index contributed by atoms with van der Waals surface area (Å²) in [5, 5.41) is 0. The maximum absolute atomic E-state index is 12.9. The molecule has 3 aliphatic rings. The fourth-order valence-electron chi connectivity index (χ4n) is 5.29. The van der Waals surface area contributed by atoms with Crippen molar-refractivity contribution in [1.29, 1.82) is 0 Å².